The number of hydrogen-bond acceptors (Lipinski definition) is 6. The van der Waals surface area contributed by atoms with Gasteiger partial charge in [-0.3, -0.25) is 9.36 Å². The summed E-state index contributed by atoms with van der Waals surface area (Å²) in [5, 5.41) is 11.8. The molecule has 7 nitrogen and oxygen atoms in total. The highest BCUT2D eigenvalue weighted by atomic mass is 32.2. The molecule has 1 aromatic heterocycles. The second-order valence-corrected chi connectivity index (χ2v) is 8.70. The molecule has 0 aliphatic heterocycles. The van der Waals surface area contributed by atoms with Gasteiger partial charge in [-0.2, -0.15) is 0 Å². The number of methoxy groups -OCH3 is 1. The van der Waals surface area contributed by atoms with Gasteiger partial charge in [0.05, 0.1) is 18.6 Å². The van der Waals surface area contributed by atoms with Crippen molar-refractivity contribution in [2.45, 2.75) is 25.6 Å². The Kier molecular flexibility index (Phi) is 7.67. The number of nitrogens with zero attached hydrogens (tertiary/aromatic N) is 3. The number of hydrogen-bond donors (Lipinski definition) is 1. The number of carbonyl (C=O) groups is 1. The molecule has 0 saturated carbocycles. The topological polar surface area (TPSA) is 78.3 Å². The van der Waals surface area contributed by atoms with Gasteiger partial charge in [0, 0.05) is 5.69 Å². The molecule has 0 fully saturated rings. The average Bonchev–Trinajstić information content (AvgIpc) is 3.27. The largest absolute Gasteiger partial charge is 0.497 e. The Morgan fingerprint density at radius 1 is 0.971 bits per heavy atom. The van der Waals surface area contributed by atoms with E-state index in [1.165, 1.54) is 17.8 Å². The molecule has 4 rings (SSSR count). The molecule has 0 bridgehead atoms. The zero-order valence-corrected chi connectivity index (χ0v) is 20.4. The van der Waals surface area contributed by atoms with Gasteiger partial charge in [0.2, 0.25) is 5.91 Å². The van der Waals surface area contributed by atoms with Crippen LogP contribution < -0.4 is 14.8 Å². The van der Waals surface area contributed by atoms with Crippen LogP contribution in [0.1, 0.15) is 17.0 Å². The Morgan fingerprint density at radius 2 is 1.66 bits per heavy atom. The summed E-state index contributed by atoms with van der Waals surface area (Å²) >= 11 is 1.18. The summed E-state index contributed by atoms with van der Waals surface area (Å²) in [6.07, 6.45) is 0. The van der Waals surface area contributed by atoms with Crippen molar-refractivity contribution in [3.05, 3.63) is 89.5 Å². The molecule has 0 saturated heterocycles. The number of aromatic nitrogens is 3. The van der Waals surface area contributed by atoms with Gasteiger partial charge in [-0.05, 0) is 61.4 Å². The van der Waals surface area contributed by atoms with Crippen LogP contribution in [-0.2, 0) is 11.4 Å². The molecule has 1 N–H and O–H groups in total. The highest BCUT2D eigenvalue weighted by Crippen LogP contribution is 2.26. The SMILES string of the molecule is COc1ccc(OCc2nnc(SCC(=O)Nc3c(C)cccc3C)n2-c2ccccc2F)cc1. The normalized spacial score (nSPS) is 10.7. The third-order valence-corrected chi connectivity index (χ3v) is 6.23. The van der Waals surface area contributed by atoms with Gasteiger partial charge >= 0.3 is 0 Å². The number of carbonyl (C=O) groups excluding carboxylic acids is 1. The molecule has 3 aromatic carbocycles. The molecule has 0 spiro atoms. The number of nitrogens with one attached hydrogen (secondary N) is 1. The predicted molar refractivity (Wildman–Crippen MR) is 134 cm³/mol. The fraction of sp³-hybridized carbons (Fsp3) is 0.192. The molecular formula is C26H25FN4O3S. The molecule has 9 heteroatoms. The minimum Gasteiger partial charge on any atom is -0.497 e. The minimum absolute atomic E-state index is 0.0584. The first-order valence-electron chi connectivity index (χ1n) is 10.9. The van der Waals surface area contributed by atoms with E-state index < -0.39 is 5.82 Å². The van der Waals surface area contributed by atoms with Crippen molar-refractivity contribution in [1.82, 2.24) is 14.8 Å². The zero-order chi connectivity index (χ0) is 24.8. The van der Waals surface area contributed by atoms with Crippen molar-refractivity contribution in [1.29, 1.82) is 0 Å². The number of thioether (sulfide) groups is 1. The van der Waals surface area contributed by atoms with Gasteiger partial charge in [-0.15, -0.1) is 10.2 Å². The van der Waals surface area contributed by atoms with Crippen LogP contribution in [0.4, 0.5) is 10.1 Å². The van der Waals surface area contributed by atoms with Gasteiger partial charge in [0.25, 0.3) is 0 Å². The molecule has 0 aliphatic rings. The fourth-order valence-corrected chi connectivity index (χ4v) is 4.26. The van der Waals surface area contributed by atoms with E-state index in [9.17, 15) is 9.18 Å². The van der Waals surface area contributed by atoms with Crippen LogP contribution >= 0.6 is 11.8 Å². The molecule has 0 unspecified atom stereocenters. The zero-order valence-electron chi connectivity index (χ0n) is 19.6. The van der Waals surface area contributed by atoms with E-state index in [-0.39, 0.29) is 24.0 Å². The van der Waals surface area contributed by atoms with Gasteiger partial charge < -0.3 is 14.8 Å². The van der Waals surface area contributed by atoms with E-state index in [1.807, 2.05) is 32.0 Å². The third kappa shape index (κ3) is 5.81. The summed E-state index contributed by atoms with van der Waals surface area (Å²) in [6.45, 7) is 3.95. The number of para-hydroxylation sites is 2. The summed E-state index contributed by atoms with van der Waals surface area (Å²) in [5.41, 5.74) is 3.04. The first-order chi connectivity index (χ1) is 17.0. The van der Waals surface area contributed by atoms with Gasteiger partial charge in [-0.25, -0.2) is 4.39 Å². The Morgan fingerprint density at radius 3 is 2.34 bits per heavy atom. The number of ether oxygens (including phenoxy) is 2. The Labute approximate surface area is 207 Å². The van der Waals surface area contributed by atoms with Crippen LogP contribution in [0.25, 0.3) is 5.69 Å². The summed E-state index contributed by atoms with van der Waals surface area (Å²) in [6, 6.07) is 19.3. The van der Waals surface area contributed by atoms with E-state index in [4.69, 9.17) is 9.47 Å². The standard InChI is InChI=1S/C26H25FN4O3S/c1-17-7-6-8-18(2)25(17)28-24(32)16-35-26-30-29-23(31(26)22-10-5-4-9-21(22)27)15-34-20-13-11-19(33-3)12-14-20/h4-14H,15-16H2,1-3H3,(H,28,32). The van der Waals surface area contributed by atoms with E-state index in [0.29, 0.717) is 22.5 Å². The Balaban J connectivity index is 1.53. The number of rotatable bonds is 9. The first-order valence-corrected chi connectivity index (χ1v) is 11.9. The molecule has 1 heterocycles. The van der Waals surface area contributed by atoms with Crippen LogP contribution in [0.5, 0.6) is 11.5 Å². The summed E-state index contributed by atoms with van der Waals surface area (Å²) < 4.78 is 27.3. The molecule has 180 valence electrons. The van der Waals surface area contributed by atoms with Crippen LogP contribution in [0.2, 0.25) is 0 Å². The maximum Gasteiger partial charge on any atom is 0.234 e. The fourth-order valence-electron chi connectivity index (χ4n) is 3.50. The van der Waals surface area contributed by atoms with E-state index in [0.717, 1.165) is 16.8 Å². The predicted octanol–water partition coefficient (Wildman–Crippen LogP) is 5.34. The summed E-state index contributed by atoms with van der Waals surface area (Å²) in [5.74, 6) is 1.19. The quantitative estimate of drug-likeness (QED) is 0.318. The monoisotopic (exact) mass is 492 g/mol. The van der Waals surface area contributed by atoms with Crippen molar-refractivity contribution in [2.75, 3.05) is 18.2 Å². The number of amides is 1. The van der Waals surface area contributed by atoms with Crippen molar-refractivity contribution in [2.24, 2.45) is 0 Å². The van der Waals surface area contributed by atoms with E-state index >= 15 is 0 Å². The maximum atomic E-state index is 14.7. The smallest absolute Gasteiger partial charge is 0.234 e. The summed E-state index contributed by atoms with van der Waals surface area (Å²) in [7, 11) is 1.59. The van der Waals surface area contributed by atoms with Gasteiger partial charge in [0.1, 0.15) is 23.9 Å². The van der Waals surface area contributed by atoms with Gasteiger partial charge in [0.15, 0.2) is 11.0 Å². The highest BCUT2D eigenvalue weighted by Gasteiger charge is 2.19. The lowest BCUT2D eigenvalue weighted by Gasteiger charge is -2.13. The number of aryl methyl sites for hydroxylation is 2. The molecule has 35 heavy (non-hydrogen) atoms. The van der Waals surface area contributed by atoms with Crippen molar-refractivity contribution in [3.8, 4) is 17.2 Å². The molecular weight excluding hydrogens is 467 g/mol. The molecule has 0 aliphatic carbocycles. The average molecular weight is 493 g/mol. The number of benzene rings is 3. The van der Waals surface area contributed by atoms with Crippen molar-refractivity contribution >= 4 is 23.4 Å². The lowest BCUT2D eigenvalue weighted by Crippen LogP contribution is -2.16. The number of anilines is 1. The minimum atomic E-state index is -0.431. The molecule has 0 radical (unpaired) electrons. The van der Waals surface area contributed by atoms with Crippen molar-refractivity contribution in [3.63, 3.8) is 0 Å². The van der Waals surface area contributed by atoms with E-state index in [2.05, 4.69) is 15.5 Å². The second-order valence-electron chi connectivity index (χ2n) is 7.75. The summed E-state index contributed by atoms with van der Waals surface area (Å²) in [4.78, 5) is 12.7. The van der Waals surface area contributed by atoms with Crippen LogP contribution in [0.15, 0.2) is 71.9 Å². The van der Waals surface area contributed by atoms with Crippen molar-refractivity contribution < 1.29 is 18.7 Å². The van der Waals surface area contributed by atoms with Crippen LogP contribution in [-0.4, -0.2) is 33.5 Å². The van der Waals surface area contributed by atoms with Gasteiger partial charge in [-0.1, -0.05) is 42.1 Å². The lowest BCUT2D eigenvalue weighted by molar-refractivity contribution is -0.113. The molecule has 4 aromatic rings. The molecule has 0 atom stereocenters. The Hall–Kier alpha value is -3.85. The van der Waals surface area contributed by atoms with Crippen LogP contribution in [0.3, 0.4) is 0 Å². The van der Waals surface area contributed by atoms with Crippen LogP contribution in [0, 0.1) is 19.7 Å². The maximum absolute atomic E-state index is 14.7. The first kappa shape index (κ1) is 24.3. The highest BCUT2D eigenvalue weighted by molar-refractivity contribution is 7.99. The lowest BCUT2D eigenvalue weighted by atomic mass is 10.1. The Bertz CT molecular complexity index is 1300. The second kappa shape index (κ2) is 11.1. The van der Waals surface area contributed by atoms with E-state index in [1.54, 1.807) is 54.1 Å². The molecule has 1 amide bonds. The third-order valence-electron chi connectivity index (χ3n) is 5.30. The number of halogens is 1.